The monoisotopic (exact) mass is 310 g/mol. The molecule has 0 radical (unpaired) electrons. The Kier molecular flexibility index (Phi) is 6.63. The Morgan fingerprint density at radius 2 is 1.67 bits per heavy atom. The van der Waals surface area contributed by atoms with Crippen LogP contribution in [0.3, 0.4) is 0 Å². The van der Waals surface area contributed by atoms with Gasteiger partial charge in [-0.1, -0.05) is 0 Å². The second-order valence-electron chi connectivity index (χ2n) is 5.14. The van der Waals surface area contributed by atoms with Crippen LogP contribution >= 0.6 is 0 Å². The molecule has 0 bridgehead atoms. The zero-order chi connectivity index (χ0) is 16.3. The van der Waals surface area contributed by atoms with Crippen LogP contribution in [0.25, 0.3) is 0 Å². The Labute approximate surface area is 121 Å². The van der Waals surface area contributed by atoms with Gasteiger partial charge >= 0.3 is 0 Å². The first kappa shape index (κ1) is 18.4. The molecule has 1 saturated heterocycles. The molecule has 0 aromatic heterocycles. The molecule has 1 fully saturated rings. The van der Waals surface area contributed by atoms with E-state index < -0.39 is 55.1 Å². The van der Waals surface area contributed by atoms with Crippen LogP contribution in [-0.4, -0.2) is 92.0 Å². The molecule has 0 unspecified atom stereocenters. The average molecular weight is 310 g/mol. The molecule has 0 aromatic rings. The maximum Gasteiger partial charge on any atom is 0.187 e. The van der Waals surface area contributed by atoms with Crippen LogP contribution in [0.5, 0.6) is 0 Å². The molecule has 0 aromatic carbocycles. The zero-order valence-electron chi connectivity index (χ0n) is 11.7. The molecule has 21 heavy (non-hydrogen) atoms. The van der Waals surface area contributed by atoms with Crippen molar-refractivity contribution in [1.29, 1.82) is 0 Å². The molecule has 1 rings (SSSR count). The van der Waals surface area contributed by atoms with E-state index in [1.807, 2.05) is 0 Å². The maximum atomic E-state index is 10.5. The summed E-state index contributed by atoms with van der Waals surface area (Å²) in [5.41, 5.74) is 0. The van der Waals surface area contributed by atoms with Gasteiger partial charge in [-0.2, -0.15) is 0 Å². The van der Waals surface area contributed by atoms with E-state index in [0.717, 1.165) is 0 Å². The highest BCUT2D eigenvalue weighted by Crippen LogP contribution is 2.24. The zero-order valence-corrected chi connectivity index (χ0v) is 11.7. The normalized spacial score (nSPS) is 39.3. The van der Waals surface area contributed by atoms with E-state index in [1.54, 1.807) is 0 Å². The van der Waals surface area contributed by atoms with Gasteiger partial charge in [0.15, 0.2) is 12.6 Å². The smallest absolute Gasteiger partial charge is 0.187 e. The van der Waals surface area contributed by atoms with Gasteiger partial charge in [0.05, 0.1) is 12.2 Å². The highest BCUT2D eigenvalue weighted by atomic mass is 16.7. The molecule has 6 N–H and O–H groups in total. The summed E-state index contributed by atoms with van der Waals surface area (Å²) in [6.45, 7) is 2.68. The number of carbonyl (C=O) groups excluding carboxylic acids is 1. The molecule has 0 saturated carbocycles. The van der Waals surface area contributed by atoms with Gasteiger partial charge in [-0.15, -0.1) is 0 Å². The van der Waals surface area contributed by atoms with Gasteiger partial charge < -0.3 is 44.9 Å². The van der Waals surface area contributed by atoms with Gasteiger partial charge in [-0.25, -0.2) is 0 Å². The summed E-state index contributed by atoms with van der Waals surface area (Å²) in [6, 6.07) is 0. The Hall–Kier alpha value is -0.650. The first-order valence-electron chi connectivity index (χ1n) is 6.55. The average Bonchev–Trinajstić information content (AvgIpc) is 2.45. The van der Waals surface area contributed by atoms with E-state index in [2.05, 4.69) is 0 Å². The van der Waals surface area contributed by atoms with Gasteiger partial charge in [-0.05, 0) is 13.8 Å². The summed E-state index contributed by atoms with van der Waals surface area (Å²) in [4.78, 5) is 10.5. The fourth-order valence-corrected chi connectivity index (χ4v) is 2.04. The lowest BCUT2D eigenvalue weighted by Crippen LogP contribution is -2.59. The quantitative estimate of drug-likeness (QED) is 0.274. The lowest BCUT2D eigenvalue weighted by molar-refractivity contribution is -0.318. The van der Waals surface area contributed by atoms with Gasteiger partial charge in [0.25, 0.3) is 0 Å². The minimum absolute atomic E-state index is 0.0722. The molecule has 9 heteroatoms. The number of aliphatic hydroxyl groups is 6. The van der Waals surface area contributed by atoms with E-state index >= 15 is 0 Å². The van der Waals surface area contributed by atoms with Crippen LogP contribution in [0.1, 0.15) is 13.8 Å². The van der Waals surface area contributed by atoms with E-state index in [4.69, 9.17) is 9.47 Å². The Morgan fingerprint density at radius 1 is 1.10 bits per heavy atom. The minimum Gasteiger partial charge on any atom is -0.391 e. The SMILES string of the molecule is C[C@H](O)[C@H](O[C@H]1O[C@@H](C)[C@H](O)[C@@H](O)[C@H]1O)[C@@H](O)[C@@H](O)C=O. The molecule has 0 aliphatic carbocycles. The first-order chi connectivity index (χ1) is 9.70. The van der Waals surface area contributed by atoms with Crippen LogP contribution in [0.2, 0.25) is 0 Å². The number of hydrogen-bond donors (Lipinski definition) is 6. The summed E-state index contributed by atoms with van der Waals surface area (Å²) < 4.78 is 10.3. The summed E-state index contributed by atoms with van der Waals surface area (Å²) in [6.07, 6.45) is -13.0. The number of aldehydes is 1. The Morgan fingerprint density at radius 3 is 2.14 bits per heavy atom. The molecule has 0 spiro atoms. The van der Waals surface area contributed by atoms with Crippen molar-refractivity contribution in [1.82, 2.24) is 0 Å². The third-order valence-electron chi connectivity index (χ3n) is 3.40. The fraction of sp³-hybridized carbons (Fsp3) is 0.917. The van der Waals surface area contributed by atoms with E-state index in [-0.39, 0.29) is 6.29 Å². The maximum absolute atomic E-state index is 10.5. The Balaban J connectivity index is 2.81. The Bertz CT molecular complexity index is 337. The number of aliphatic hydroxyl groups excluding tert-OH is 6. The highest BCUT2D eigenvalue weighted by molar-refractivity contribution is 5.56. The van der Waals surface area contributed by atoms with Crippen molar-refractivity contribution >= 4 is 6.29 Å². The third kappa shape index (κ3) is 4.18. The molecular formula is C12H22O9. The van der Waals surface area contributed by atoms with Crippen molar-refractivity contribution in [2.24, 2.45) is 0 Å². The molecule has 1 aliphatic heterocycles. The lowest BCUT2D eigenvalue weighted by atomic mass is 9.99. The summed E-state index contributed by atoms with van der Waals surface area (Å²) in [5.74, 6) is 0. The van der Waals surface area contributed by atoms with Crippen molar-refractivity contribution in [2.75, 3.05) is 0 Å². The number of hydrogen-bond acceptors (Lipinski definition) is 9. The first-order valence-corrected chi connectivity index (χ1v) is 6.55. The molecule has 1 heterocycles. The van der Waals surface area contributed by atoms with Gasteiger partial charge in [0.1, 0.15) is 36.6 Å². The standard InChI is InChI=1S/C12H22O9/c1-4(14)11(8(17)6(15)3-13)21-12-10(19)9(18)7(16)5(2)20-12/h3-12,14-19H,1-2H3/t4-,5-,6-,7-,8-,9+,10+,11-,12+/m0/s1. The predicted octanol–water partition coefficient (Wildman–Crippen LogP) is -3.50. The summed E-state index contributed by atoms with van der Waals surface area (Å²) >= 11 is 0. The molecular weight excluding hydrogens is 288 g/mol. The van der Waals surface area contributed by atoms with E-state index in [9.17, 15) is 35.4 Å². The minimum atomic E-state index is -1.79. The fourth-order valence-electron chi connectivity index (χ4n) is 2.04. The second-order valence-corrected chi connectivity index (χ2v) is 5.14. The lowest BCUT2D eigenvalue weighted by Gasteiger charge is -2.41. The van der Waals surface area contributed by atoms with Gasteiger partial charge in [0.2, 0.25) is 0 Å². The highest BCUT2D eigenvalue weighted by Gasteiger charge is 2.45. The van der Waals surface area contributed by atoms with Crippen molar-refractivity contribution in [3.63, 3.8) is 0 Å². The summed E-state index contributed by atoms with van der Waals surface area (Å²) in [5, 5.41) is 57.5. The van der Waals surface area contributed by atoms with Crippen molar-refractivity contribution in [3.8, 4) is 0 Å². The molecule has 0 amide bonds. The van der Waals surface area contributed by atoms with Crippen LogP contribution in [0, 0.1) is 0 Å². The van der Waals surface area contributed by atoms with Crippen molar-refractivity contribution in [3.05, 3.63) is 0 Å². The number of ether oxygens (including phenoxy) is 2. The van der Waals surface area contributed by atoms with Crippen LogP contribution in [-0.2, 0) is 14.3 Å². The predicted molar refractivity (Wildman–Crippen MR) is 67.0 cm³/mol. The molecule has 9 atom stereocenters. The number of carbonyl (C=O) groups is 1. The largest absolute Gasteiger partial charge is 0.391 e. The van der Waals surface area contributed by atoms with Crippen LogP contribution in [0.15, 0.2) is 0 Å². The molecule has 1 aliphatic rings. The molecule has 9 nitrogen and oxygen atoms in total. The third-order valence-corrected chi connectivity index (χ3v) is 3.40. The van der Waals surface area contributed by atoms with E-state index in [1.165, 1.54) is 13.8 Å². The topological polar surface area (TPSA) is 157 Å². The number of rotatable bonds is 6. The van der Waals surface area contributed by atoms with Gasteiger partial charge in [0, 0.05) is 0 Å². The second kappa shape index (κ2) is 7.56. The van der Waals surface area contributed by atoms with E-state index in [0.29, 0.717) is 0 Å². The molecule has 124 valence electrons. The van der Waals surface area contributed by atoms with Crippen molar-refractivity contribution < 1.29 is 44.9 Å². The van der Waals surface area contributed by atoms with Crippen LogP contribution < -0.4 is 0 Å². The van der Waals surface area contributed by atoms with Crippen molar-refractivity contribution in [2.45, 2.75) is 69.0 Å². The van der Waals surface area contributed by atoms with Crippen LogP contribution in [0.4, 0.5) is 0 Å². The van der Waals surface area contributed by atoms with Gasteiger partial charge in [-0.3, -0.25) is 0 Å². The summed E-state index contributed by atoms with van der Waals surface area (Å²) in [7, 11) is 0.